The first-order valence-electron chi connectivity index (χ1n) is 6.61. The van der Waals surface area contributed by atoms with Crippen molar-refractivity contribution >= 4 is 33.5 Å². The fourth-order valence-electron chi connectivity index (χ4n) is 1.76. The summed E-state index contributed by atoms with van der Waals surface area (Å²) >= 11 is 1.56. The largest absolute Gasteiger partial charge is 0.396 e. The molecule has 1 heterocycles. The van der Waals surface area contributed by atoms with Gasteiger partial charge in [-0.1, -0.05) is 19.1 Å². The van der Waals surface area contributed by atoms with E-state index in [0.29, 0.717) is 13.0 Å². The summed E-state index contributed by atoms with van der Waals surface area (Å²) in [5.74, 6) is 0.147. The maximum Gasteiger partial charge on any atom is 0.244 e. The maximum atomic E-state index is 11.7. The number of fused-ring (bicyclic) bond motifs is 1. The van der Waals surface area contributed by atoms with Crippen molar-refractivity contribution in [1.82, 2.24) is 10.3 Å². The molecule has 0 spiro atoms. The number of nitrogens with zero attached hydrogens (tertiary/aromatic N) is 1. The molecule has 2 N–H and O–H groups in total. The number of hydrogen-bond acceptors (Lipinski definition) is 4. The van der Waals surface area contributed by atoms with Gasteiger partial charge >= 0.3 is 0 Å². The van der Waals surface area contributed by atoms with E-state index in [1.807, 2.05) is 31.2 Å². The number of thiazole rings is 1. The summed E-state index contributed by atoms with van der Waals surface area (Å²) in [6.45, 7) is 2.72. The first-order valence-corrected chi connectivity index (χ1v) is 7.43. The number of carbonyl (C=O) groups is 1. The molecule has 0 fully saturated rings. The quantitative estimate of drug-likeness (QED) is 0.803. The zero-order chi connectivity index (χ0) is 14.4. The van der Waals surface area contributed by atoms with Gasteiger partial charge in [0.25, 0.3) is 0 Å². The summed E-state index contributed by atoms with van der Waals surface area (Å²) in [6.07, 6.45) is 3.93. The van der Waals surface area contributed by atoms with E-state index in [1.165, 1.54) is 6.08 Å². The SMILES string of the molecule is CC(CCO)CNC(=O)/C=C/c1nc2ccccc2s1. The van der Waals surface area contributed by atoms with E-state index in [2.05, 4.69) is 10.3 Å². The lowest BCUT2D eigenvalue weighted by atomic mass is 10.1. The van der Waals surface area contributed by atoms with Crippen molar-refractivity contribution in [2.75, 3.05) is 13.2 Å². The predicted octanol–water partition coefficient (Wildman–Crippen LogP) is 2.44. The van der Waals surface area contributed by atoms with E-state index in [9.17, 15) is 4.79 Å². The van der Waals surface area contributed by atoms with Crippen LogP contribution in [-0.2, 0) is 4.79 Å². The highest BCUT2D eigenvalue weighted by atomic mass is 32.1. The Morgan fingerprint density at radius 3 is 3.05 bits per heavy atom. The summed E-state index contributed by atoms with van der Waals surface area (Å²) < 4.78 is 1.11. The van der Waals surface area contributed by atoms with E-state index in [1.54, 1.807) is 17.4 Å². The number of benzene rings is 1. The number of amides is 1. The molecule has 2 rings (SSSR count). The third-order valence-electron chi connectivity index (χ3n) is 2.93. The Bertz CT molecular complexity index is 574. The van der Waals surface area contributed by atoms with Crippen LogP contribution in [0.15, 0.2) is 30.3 Å². The van der Waals surface area contributed by atoms with Crippen LogP contribution in [0.1, 0.15) is 18.4 Å². The van der Waals surface area contributed by atoms with E-state index in [4.69, 9.17) is 5.11 Å². The monoisotopic (exact) mass is 290 g/mol. The van der Waals surface area contributed by atoms with Gasteiger partial charge in [0, 0.05) is 19.2 Å². The van der Waals surface area contributed by atoms with Crippen LogP contribution in [-0.4, -0.2) is 29.1 Å². The average Bonchev–Trinajstić information content (AvgIpc) is 2.86. The van der Waals surface area contributed by atoms with Gasteiger partial charge in [0.2, 0.25) is 5.91 Å². The number of rotatable bonds is 6. The van der Waals surface area contributed by atoms with Crippen LogP contribution in [0, 0.1) is 5.92 Å². The molecule has 20 heavy (non-hydrogen) atoms. The zero-order valence-electron chi connectivity index (χ0n) is 11.4. The summed E-state index contributed by atoms with van der Waals surface area (Å²) in [7, 11) is 0. The molecule has 0 saturated heterocycles. The van der Waals surface area contributed by atoms with Crippen LogP contribution in [0.3, 0.4) is 0 Å². The topological polar surface area (TPSA) is 62.2 Å². The molecule has 0 aliphatic rings. The van der Waals surface area contributed by atoms with Crippen molar-refractivity contribution in [3.63, 3.8) is 0 Å². The summed E-state index contributed by atoms with van der Waals surface area (Å²) in [4.78, 5) is 16.1. The van der Waals surface area contributed by atoms with Gasteiger partial charge in [-0.2, -0.15) is 0 Å². The predicted molar refractivity (Wildman–Crippen MR) is 82.5 cm³/mol. The third kappa shape index (κ3) is 4.15. The second kappa shape index (κ2) is 7.17. The lowest BCUT2D eigenvalue weighted by Gasteiger charge is -2.09. The Balaban J connectivity index is 1.90. The minimum atomic E-state index is -0.131. The first-order chi connectivity index (χ1) is 9.69. The average molecular weight is 290 g/mol. The molecule has 0 aliphatic carbocycles. The molecule has 1 amide bonds. The van der Waals surface area contributed by atoms with Crippen molar-refractivity contribution in [2.24, 2.45) is 5.92 Å². The fraction of sp³-hybridized carbons (Fsp3) is 0.333. The van der Waals surface area contributed by atoms with Gasteiger partial charge < -0.3 is 10.4 Å². The smallest absolute Gasteiger partial charge is 0.244 e. The molecule has 1 aromatic carbocycles. The lowest BCUT2D eigenvalue weighted by molar-refractivity contribution is -0.116. The molecule has 0 aliphatic heterocycles. The van der Waals surface area contributed by atoms with E-state index in [0.717, 1.165) is 15.2 Å². The van der Waals surface area contributed by atoms with Crippen molar-refractivity contribution < 1.29 is 9.90 Å². The molecule has 0 bridgehead atoms. The highest BCUT2D eigenvalue weighted by Gasteiger charge is 2.03. The molecule has 1 aromatic heterocycles. The molecule has 2 aromatic rings. The molecular weight excluding hydrogens is 272 g/mol. The van der Waals surface area contributed by atoms with Crippen molar-refractivity contribution in [2.45, 2.75) is 13.3 Å². The molecule has 1 unspecified atom stereocenters. The summed E-state index contributed by atoms with van der Waals surface area (Å²) in [6, 6.07) is 7.90. The van der Waals surface area contributed by atoms with Gasteiger partial charge in [-0.05, 0) is 30.5 Å². The van der Waals surface area contributed by atoms with Gasteiger partial charge in [0.15, 0.2) is 0 Å². The lowest BCUT2D eigenvalue weighted by Crippen LogP contribution is -2.26. The second-order valence-electron chi connectivity index (χ2n) is 4.72. The molecule has 5 heteroatoms. The Labute approximate surface area is 122 Å². The second-order valence-corrected chi connectivity index (χ2v) is 5.78. The van der Waals surface area contributed by atoms with Gasteiger partial charge in [-0.3, -0.25) is 4.79 Å². The molecular formula is C15H18N2O2S. The van der Waals surface area contributed by atoms with E-state index >= 15 is 0 Å². The van der Waals surface area contributed by atoms with Crippen LogP contribution >= 0.6 is 11.3 Å². The van der Waals surface area contributed by atoms with Crippen molar-refractivity contribution in [1.29, 1.82) is 0 Å². The first kappa shape index (κ1) is 14.7. The van der Waals surface area contributed by atoms with Crippen LogP contribution in [0.2, 0.25) is 0 Å². The number of aliphatic hydroxyl groups excluding tert-OH is 1. The van der Waals surface area contributed by atoms with Crippen molar-refractivity contribution in [3.05, 3.63) is 35.3 Å². The fourth-order valence-corrected chi connectivity index (χ4v) is 2.63. The number of aromatic nitrogens is 1. The standard InChI is InChI=1S/C15H18N2O2S/c1-11(8-9-18)10-16-14(19)6-7-15-17-12-4-2-3-5-13(12)20-15/h2-7,11,18H,8-10H2,1H3,(H,16,19)/b7-6+. The summed E-state index contributed by atoms with van der Waals surface area (Å²) in [5, 5.41) is 12.4. The highest BCUT2D eigenvalue weighted by molar-refractivity contribution is 7.19. The molecule has 0 radical (unpaired) electrons. The molecule has 4 nitrogen and oxygen atoms in total. The van der Waals surface area contributed by atoms with Gasteiger partial charge in [-0.25, -0.2) is 4.98 Å². The Hall–Kier alpha value is -1.72. The molecule has 0 saturated carbocycles. The number of aliphatic hydroxyl groups is 1. The molecule has 1 atom stereocenters. The maximum absolute atomic E-state index is 11.7. The number of para-hydroxylation sites is 1. The Morgan fingerprint density at radius 2 is 2.30 bits per heavy atom. The van der Waals surface area contributed by atoms with Crippen LogP contribution in [0.4, 0.5) is 0 Å². The normalized spacial score (nSPS) is 12.9. The minimum Gasteiger partial charge on any atom is -0.396 e. The highest BCUT2D eigenvalue weighted by Crippen LogP contribution is 2.22. The van der Waals surface area contributed by atoms with Crippen LogP contribution in [0.25, 0.3) is 16.3 Å². The Kier molecular flexibility index (Phi) is 5.26. The number of nitrogens with one attached hydrogen (secondary N) is 1. The molecule has 106 valence electrons. The van der Waals surface area contributed by atoms with Crippen LogP contribution in [0.5, 0.6) is 0 Å². The number of hydrogen-bond donors (Lipinski definition) is 2. The van der Waals surface area contributed by atoms with Gasteiger partial charge in [-0.15, -0.1) is 11.3 Å². The van der Waals surface area contributed by atoms with Crippen LogP contribution < -0.4 is 5.32 Å². The van der Waals surface area contributed by atoms with Gasteiger partial charge in [0.1, 0.15) is 5.01 Å². The van der Waals surface area contributed by atoms with E-state index in [-0.39, 0.29) is 18.4 Å². The zero-order valence-corrected chi connectivity index (χ0v) is 12.2. The van der Waals surface area contributed by atoms with E-state index < -0.39 is 0 Å². The minimum absolute atomic E-state index is 0.131. The Morgan fingerprint density at radius 1 is 1.50 bits per heavy atom. The third-order valence-corrected chi connectivity index (χ3v) is 3.94. The van der Waals surface area contributed by atoms with Gasteiger partial charge in [0.05, 0.1) is 10.2 Å². The number of carbonyl (C=O) groups excluding carboxylic acids is 1. The summed E-state index contributed by atoms with van der Waals surface area (Å²) in [5.41, 5.74) is 0.953. The van der Waals surface area contributed by atoms with Crippen molar-refractivity contribution in [3.8, 4) is 0 Å².